The van der Waals surface area contributed by atoms with Gasteiger partial charge in [0.25, 0.3) is 5.91 Å². The molecule has 1 amide bonds. The van der Waals surface area contributed by atoms with E-state index in [1.54, 1.807) is 7.05 Å². The van der Waals surface area contributed by atoms with Crippen molar-refractivity contribution >= 4 is 11.7 Å². The molecule has 30 heavy (non-hydrogen) atoms. The van der Waals surface area contributed by atoms with E-state index in [1.165, 1.54) is 4.90 Å². The van der Waals surface area contributed by atoms with Gasteiger partial charge in [0, 0.05) is 18.9 Å². The summed E-state index contributed by atoms with van der Waals surface area (Å²) in [5, 5.41) is 11.6. The van der Waals surface area contributed by atoms with Gasteiger partial charge in [-0.3, -0.25) is 9.59 Å². The van der Waals surface area contributed by atoms with Crippen LogP contribution in [0.15, 0.2) is 23.5 Å². The van der Waals surface area contributed by atoms with E-state index in [1.807, 2.05) is 13.8 Å². The van der Waals surface area contributed by atoms with Crippen molar-refractivity contribution in [1.29, 1.82) is 0 Å². The summed E-state index contributed by atoms with van der Waals surface area (Å²) in [6.45, 7) is 12.6. The first kappa shape index (κ1) is 21.6. The molecular weight excluding hydrogens is 378 g/mol. The van der Waals surface area contributed by atoms with Crippen molar-refractivity contribution in [3.05, 3.63) is 23.5 Å². The lowest BCUT2D eigenvalue weighted by Gasteiger charge is -2.48. The Morgan fingerprint density at radius 2 is 1.83 bits per heavy atom. The zero-order valence-electron chi connectivity index (χ0n) is 19.4. The van der Waals surface area contributed by atoms with Crippen molar-refractivity contribution in [2.75, 3.05) is 7.05 Å². The molecule has 2 saturated heterocycles. The lowest BCUT2D eigenvalue weighted by Crippen LogP contribution is -2.45. The first-order valence-corrected chi connectivity index (χ1v) is 11.6. The fraction of sp³-hybridized carbons (Fsp3) is 0.760. The second-order valence-corrected chi connectivity index (χ2v) is 10.9. The number of ether oxygens (including phenoxy) is 1. The summed E-state index contributed by atoms with van der Waals surface area (Å²) in [6, 6.07) is -0.501. The Bertz CT molecular complexity index is 814. The van der Waals surface area contributed by atoms with Crippen molar-refractivity contribution in [2.24, 2.45) is 41.4 Å². The monoisotopic (exact) mass is 415 g/mol. The molecule has 0 aromatic heterocycles. The zero-order valence-corrected chi connectivity index (χ0v) is 19.4. The number of likely N-dealkylation sites (tertiary alicyclic amines) is 1. The summed E-state index contributed by atoms with van der Waals surface area (Å²) < 4.78 is 5.99. The SMILES string of the molecule is CC(C)[C@H]1C(=O)C(=C(O)[C@H]2C3[C@H](C)C[C@H](C)C[C@@H]3C=CC2[C@]2(C)O[C@H]2C)C(=O)N1C. The third kappa shape index (κ3) is 3.07. The number of carbonyl (C=O) groups is 2. The molecule has 0 spiro atoms. The number of amides is 1. The molecule has 5 nitrogen and oxygen atoms in total. The van der Waals surface area contributed by atoms with E-state index in [-0.39, 0.29) is 58.4 Å². The van der Waals surface area contributed by atoms with Crippen LogP contribution in [0.2, 0.25) is 0 Å². The molecule has 1 N–H and O–H groups in total. The van der Waals surface area contributed by atoms with Crippen LogP contribution in [-0.4, -0.2) is 46.5 Å². The Morgan fingerprint density at radius 1 is 1.20 bits per heavy atom. The number of rotatable bonds is 3. The minimum absolute atomic E-state index is 0.00491. The summed E-state index contributed by atoms with van der Waals surface area (Å²) in [5.41, 5.74) is -0.347. The molecule has 2 unspecified atom stereocenters. The highest BCUT2D eigenvalue weighted by Crippen LogP contribution is 2.57. The minimum Gasteiger partial charge on any atom is -0.511 e. The fourth-order valence-electron chi connectivity index (χ4n) is 6.86. The number of epoxide rings is 1. The van der Waals surface area contributed by atoms with Crippen LogP contribution in [0.25, 0.3) is 0 Å². The van der Waals surface area contributed by atoms with Gasteiger partial charge in [-0.05, 0) is 56.3 Å². The van der Waals surface area contributed by atoms with Gasteiger partial charge in [0.05, 0.1) is 17.7 Å². The smallest absolute Gasteiger partial charge is 0.261 e. The van der Waals surface area contributed by atoms with Crippen LogP contribution in [0.5, 0.6) is 0 Å². The van der Waals surface area contributed by atoms with E-state index in [9.17, 15) is 14.7 Å². The third-order valence-corrected chi connectivity index (χ3v) is 8.48. The van der Waals surface area contributed by atoms with Gasteiger partial charge in [0.2, 0.25) is 0 Å². The van der Waals surface area contributed by atoms with Crippen LogP contribution < -0.4 is 0 Å². The van der Waals surface area contributed by atoms with Gasteiger partial charge in [-0.15, -0.1) is 0 Å². The number of carbonyl (C=O) groups excluding carboxylic acids is 2. The molecule has 3 fully saturated rings. The Morgan fingerprint density at radius 3 is 2.37 bits per heavy atom. The molecule has 2 heterocycles. The van der Waals surface area contributed by atoms with Gasteiger partial charge in [0.1, 0.15) is 11.3 Å². The molecule has 2 aliphatic carbocycles. The molecule has 4 rings (SSSR count). The number of nitrogens with zero attached hydrogens (tertiary/aromatic N) is 1. The molecule has 1 saturated carbocycles. The maximum Gasteiger partial charge on any atom is 0.261 e. The highest BCUT2D eigenvalue weighted by molar-refractivity contribution is 6.26. The first-order valence-electron chi connectivity index (χ1n) is 11.6. The van der Waals surface area contributed by atoms with Crippen LogP contribution in [-0.2, 0) is 14.3 Å². The van der Waals surface area contributed by atoms with Crippen molar-refractivity contribution in [3.8, 4) is 0 Å². The van der Waals surface area contributed by atoms with E-state index in [0.29, 0.717) is 17.8 Å². The summed E-state index contributed by atoms with van der Waals surface area (Å²) >= 11 is 0. The number of hydrogen-bond donors (Lipinski definition) is 1. The number of fused-ring (bicyclic) bond motifs is 1. The summed E-state index contributed by atoms with van der Waals surface area (Å²) in [7, 11) is 1.67. The van der Waals surface area contributed by atoms with Crippen molar-refractivity contribution in [2.45, 2.75) is 72.1 Å². The van der Waals surface area contributed by atoms with E-state index in [0.717, 1.165) is 12.8 Å². The number of allylic oxidation sites excluding steroid dienone is 2. The van der Waals surface area contributed by atoms with Crippen molar-refractivity contribution < 1.29 is 19.4 Å². The average Bonchev–Trinajstić information content (AvgIpc) is 3.19. The maximum atomic E-state index is 13.3. The molecule has 9 atom stereocenters. The summed E-state index contributed by atoms with van der Waals surface area (Å²) in [6.07, 6.45) is 6.80. The lowest BCUT2D eigenvalue weighted by atomic mass is 9.56. The standard InChI is InChI=1S/C25H37NO4/c1-12(2)21-23(28)20(24(29)26(21)7)22(27)19-17(25(6)15(5)30-25)9-8-16-11-13(3)10-14(4)18(16)19/h8-9,12-19,21,27H,10-11H2,1-7H3/t13-,14+,15-,16-,17?,18?,19+,21-,25+/m0/s1. The molecule has 5 heteroatoms. The largest absolute Gasteiger partial charge is 0.511 e. The Hall–Kier alpha value is -1.62. The number of Topliss-reactive ketones (excluding diaryl/α,β-unsaturated/α-hetero) is 1. The first-order chi connectivity index (χ1) is 14.0. The molecule has 4 aliphatic rings. The van der Waals surface area contributed by atoms with Crippen molar-refractivity contribution in [3.63, 3.8) is 0 Å². The van der Waals surface area contributed by atoms with Gasteiger partial charge in [-0.25, -0.2) is 0 Å². The predicted molar refractivity (Wildman–Crippen MR) is 116 cm³/mol. The van der Waals surface area contributed by atoms with Crippen LogP contribution in [0.1, 0.15) is 54.4 Å². The Kier molecular flexibility index (Phi) is 5.20. The van der Waals surface area contributed by atoms with Crippen LogP contribution in [0, 0.1) is 41.4 Å². The third-order valence-electron chi connectivity index (χ3n) is 8.48. The molecule has 166 valence electrons. The van der Waals surface area contributed by atoms with Gasteiger partial charge >= 0.3 is 0 Å². The molecule has 0 bridgehead atoms. The molecule has 2 aliphatic heterocycles. The van der Waals surface area contributed by atoms with Crippen LogP contribution in [0.4, 0.5) is 0 Å². The molecular formula is C25H37NO4. The fourth-order valence-corrected chi connectivity index (χ4v) is 6.86. The lowest BCUT2D eigenvalue weighted by molar-refractivity contribution is -0.126. The van der Waals surface area contributed by atoms with Gasteiger partial charge in [0.15, 0.2) is 5.78 Å². The number of hydrogen-bond acceptors (Lipinski definition) is 4. The second kappa shape index (κ2) is 7.22. The Labute approximate surface area is 180 Å². The number of likely N-dealkylation sites (N-methyl/N-ethyl adjacent to an activating group) is 1. The van der Waals surface area contributed by atoms with Gasteiger partial charge in [-0.1, -0.05) is 39.8 Å². The zero-order chi connectivity index (χ0) is 22.1. The van der Waals surface area contributed by atoms with Crippen LogP contribution in [0.3, 0.4) is 0 Å². The minimum atomic E-state index is -0.501. The topological polar surface area (TPSA) is 70.1 Å². The van der Waals surface area contributed by atoms with Gasteiger partial charge < -0.3 is 14.7 Å². The van der Waals surface area contributed by atoms with E-state index >= 15 is 0 Å². The number of ketones is 1. The molecule has 0 aromatic rings. The Balaban J connectivity index is 1.82. The van der Waals surface area contributed by atoms with E-state index in [4.69, 9.17) is 4.74 Å². The highest BCUT2D eigenvalue weighted by Gasteiger charge is 2.61. The normalized spacial score (nSPS) is 47.7. The summed E-state index contributed by atoms with van der Waals surface area (Å²) in [4.78, 5) is 27.8. The quantitative estimate of drug-likeness (QED) is 0.247. The van der Waals surface area contributed by atoms with Crippen molar-refractivity contribution in [1.82, 2.24) is 4.90 Å². The van der Waals surface area contributed by atoms with Gasteiger partial charge in [-0.2, -0.15) is 0 Å². The van der Waals surface area contributed by atoms with E-state index < -0.39 is 6.04 Å². The van der Waals surface area contributed by atoms with E-state index in [2.05, 4.69) is 39.8 Å². The maximum absolute atomic E-state index is 13.3. The summed E-state index contributed by atoms with van der Waals surface area (Å²) in [5.74, 6) is 0.745. The predicted octanol–water partition coefficient (Wildman–Crippen LogP) is 4.14. The number of aliphatic hydroxyl groups excluding tert-OH is 1. The molecule has 0 radical (unpaired) electrons. The molecule has 0 aromatic carbocycles. The highest BCUT2D eigenvalue weighted by atomic mass is 16.6. The van der Waals surface area contributed by atoms with Crippen LogP contribution >= 0.6 is 0 Å². The average molecular weight is 416 g/mol. The number of aliphatic hydroxyl groups is 1. The second-order valence-electron chi connectivity index (χ2n) is 10.9.